The van der Waals surface area contributed by atoms with E-state index in [1.165, 1.54) is 11.8 Å². The number of amides is 1. The molecule has 0 aromatic heterocycles. The topological polar surface area (TPSA) is 78.9 Å². The third-order valence-corrected chi connectivity index (χ3v) is 4.06. The second-order valence-corrected chi connectivity index (χ2v) is 5.92. The summed E-state index contributed by atoms with van der Waals surface area (Å²) in [5.41, 5.74) is 7.06. The maximum absolute atomic E-state index is 11.8. The van der Waals surface area contributed by atoms with Crippen LogP contribution in [0.3, 0.4) is 0 Å². The number of carbonyl (C=O) groups excluding carboxylic acids is 1. The van der Waals surface area contributed by atoms with Gasteiger partial charge in [-0.15, -0.1) is 0 Å². The quantitative estimate of drug-likeness (QED) is 0.887. The standard InChI is InChI=1S/C17H17N3OS/c1-2-16(19)17(21)20-13-6-4-8-15(10-13)22-14-7-3-5-12(9-14)11-18/h3-10,16H,2,19H2,1H3,(H,20,21). The van der Waals surface area contributed by atoms with Crippen molar-refractivity contribution in [2.24, 2.45) is 5.73 Å². The van der Waals surface area contributed by atoms with Crippen LogP contribution >= 0.6 is 11.8 Å². The minimum absolute atomic E-state index is 0.184. The Labute approximate surface area is 134 Å². The Morgan fingerprint density at radius 2 is 1.95 bits per heavy atom. The lowest BCUT2D eigenvalue weighted by Crippen LogP contribution is -2.34. The zero-order valence-corrected chi connectivity index (χ0v) is 13.1. The minimum Gasteiger partial charge on any atom is -0.325 e. The van der Waals surface area contributed by atoms with Gasteiger partial charge in [-0.1, -0.05) is 30.8 Å². The normalized spacial score (nSPS) is 11.5. The van der Waals surface area contributed by atoms with E-state index in [2.05, 4.69) is 11.4 Å². The smallest absolute Gasteiger partial charge is 0.241 e. The molecule has 2 rings (SSSR count). The number of anilines is 1. The molecule has 0 aliphatic carbocycles. The summed E-state index contributed by atoms with van der Waals surface area (Å²) in [6.07, 6.45) is 0.598. The highest BCUT2D eigenvalue weighted by Crippen LogP contribution is 2.29. The van der Waals surface area contributed by atoms with Gasteiger partial charge in [0.05, 0.1) is 17.7 Å². The van der Waals surface area contributed by atoms with Gasteiger partial charge in [-0.05, 0) is 42.8 Å². The molecule has 0 saturated carbocycles. The molecule has 0 fully saturated rings. The molecule has 0 spiro atoms. The number of nitrogens with zero attached hydrogens (tertiary/aromatic N) is 1. The Morgan fingerprint density at radius 1 is 1.27 bits per heavy atom. The van der Waals surface area contributed by atoms with Crippen LogP contribution in [0.1, 0.15) is 18.9 Å². The first-order valence-corrected chi connectivity index (χ1v) is 7.78. The molecule has 3 N–H and O–H groups in total. The number of nitrogens with two attached hydrogens (primary N) is 1. The number of hydrogen-bond acceptors (Lipinski definition) is 4. The summed E-state index contributed by atoms with van der Waals surface area (Å²) < 4.78 is 0. The molecule has 112 valence electrons. The maximum atomic E-state index is 11.8. The Morgan fingerprint density at radius 3 is 2.64 bits per heavy atom. The highest BCUT2D eigenvalue weighted by molar-refractivity contribution is 7.99. The molecule has 0 bridgehead atoms. The number of hydrogen-bond donors (Lipinski definition) is 2. The van der Waals surface area contributed by atoms with Crippen LogP contribution in [0.5, 0.6) is 0 Å². The Balaban J connectivity index is 2.11. The Hall–Kier alpha value is -2.29. The van der Waals surface area contributed by atoms with E-state index >= 15 is 0 Å². The van der Waals surface area contributed by atoms with Crippen LogP contribution in [-0.4, -0.2) is 11.9 Å². The predicted octanol–water partition coefficient (Wildman–Crippen LogP) is 3.39. The van der Waals surface area contributed by atoms with Gasteiger partial charge in [-0.25, -0.2) is 0 Å². The third kappa shape index (κ3) is 4.35. The van der Waals surface area contributed by atoms with E-state index in [-0.39, 0.29) is 5.91 Å². The first-order valence-electron chi connectivity index (χ1n) is 6.97. The van der Waals surface area contributed by atoms with Gasteiger partial charge < -0.3 is 11.1 Å². The largest absolute Gasteiger partial charge is 0.325 e. The van der Waals surface area contributed by atoms with Crippen LogP contribution in [-0.2, 0) is 4.79 Å². The summed E-state index contributed by atoms with van der Waals surface area (Å²) in [5, 5.41) is 11.7. The summed E-state index contributed by atoms with van der Waals surface area (Å²) in [6.45, 7) is 1.87. The number of rotatable bonds is 5. The fourth-order valence-corrected chi connectivity index (χ4v) is 2.76. The first kappa shape index (κ1) is 16.1. The van der Waals surface area contributed by atoms with Crippen molar-refractivity contribution in [3.8, 4) is 6.07 Å². The summed E-state index contributed by atoms with van der Waals surface area (Å²) in [4.78, 5) is 13.8. The van der Waals surface area contributed by atoms with Gasteiger partial charge in [0.1, 0.15) is 0 Å². The lowest BCUT2D eigenvalue weighted by Gasteiger charge is -2.11. The maximum Gasteiger partial charge on any atom is 0.241 e. The molecule has 22 heavy (non-hydrogen) atoms. The van der Waals surface area contributed by atoms with Gasteiger partial charge in [0, 0.05) is 15.5 Å². The van der Waals surface area contributed by atoms with Crippen LogP contribution < -0.4 is 11.1 Å². The molecule has 0 aliphatic rings. The minimum atomic E-state index is -0.497. The summed E-state index contributed by atoms with van der Waals surface area (Å²) >= 11 is 1.54. The van der Waals surface area contributed by atoms with Crippen molar-refractivity contribution in [2.75, 3.05) is 5.32 Å². The molecule has 0 aliphatic heterocycles. The van der Waals surface area contributed by atoms with Crippen molar-refractivity contribution >= 4 is 23.4 Å². The van der Waals surface area contributed by atoms with Crippen molar-refractivity contribution in [1.29, 1.82) is 5.26 Å². The Kier molecular flexibility index (Phi) is 5.59. The van der Waals surface area contributed by atoms with E-state index in [0.717, 1.165) is 15.5 Å². The lowest BCUT2D eigenvalue weighted by molar-refractivity contribution is -0.117. The fraction of sp³-hybridized carbons (Fsp3) is 0.176. The molecule has 5 heteroatoms. The zero-order valence-electron chi connectivity index (χ0n) is 12.2. The van der Waals surface area contributed by atoms with E-state index in [4.69, 9.17) is 11.0 Å². The number of carbonyl (C=O) groups is 1. The van der Waals surface area contributed by atoms with Crippen LogP contribution in [0.2, 0.25) is 0 Å². The number of nitriles is 1. The highest BCUT2D eigenvalue weighted by Gasteiger charge is 2.11. The van der Waals surface area contributed by atoms with Crippen LogP contribution in [0, 0.1) is 11.3 Å². The van der Waals surface area contributed by atoms with Crippen molar-refractivity contribution < 1.29 is 4.79 Å². The molecule has 2 aromatic carbocycles. The molecule has 1 amide bonds. The molecule has 1 unspecified atom stereocenters. The van der Waals surface area contributed by atoms with Crippen molar-refractivity contribution in [3.05, 3.63) is 54.1 Å². The SMILES string of the molecule is CCC(N)C(=O)Nc1cccc(Sc2cccc(C#N)c2)c1. The fourth-order valence-electron chi connectivity index (χ4n) is 1.82. The van der Waals surface area contributed by atoms with Crippen molar-refractivity contribution in [1.82, 2.24) is 0 Å². The molecule has 0 saturated heterocycles. The Bertz CT molecular complexity index is 709. The summed E-state index contributed by atoms with van der Waals surface area (Å²) in [7, 11) is 0. The van der Waals surface area contributed by atoms with E-state index in [0.29, 0.717) is 12.0 Å². The summed E-state index contributed by atoms with van der Waals surface area (Å²) in [5.74, 6) is -0.184. The number of nitrogens with one attached hydrogen (secondary N) is 1. The van der Waals surface area contributed by atoms with Gasteiger partial charge in [0.15, 0.2) is 0 Å². The zero-order chi connectivity index (χ0) is 15.9. The van der Waals surface area contributed by atoms with Gasteiger partial charge in [0.25, 0.3) is 0 Å². The highest BCUT2D eigenvalue weighted by atomic mass is 32.2. The predicted molar refractivity (Wildman–Crippen MR) is 88.6 cm³/mol. The van der Waals surface area contributed by atoms with E-state index in [9.17, 15) is 4.79 Å². The molecule has 1 atom stereocenters. The number of benzene rings is 2. The van der Waals surface area contributed by atoms with Gasteiger partial charge in [-0.2, -0.15) is 5.26 Å². The molecular formula is C17H17N3OS. The molecule has 2 aromatic rings. The summed E-state index contributed by atoms with van der Waals surface area (Å²) in [6, 6.07) is 16.6. The lowest BCUT2D eigenvalue weighted by atomic mass is 10.2. The average molecular weight is 311 g/mol. The second-order valence-electron chi connectivity index (χ2n) is 4.77. The molecule has 4 nitrogen and oxygen atoms in total. The molecule has 0 radical (unpaired) electrons. The van der Waals surface area contributed by atoms with E-state index in [1.54, 1.807) is 6.07 Å². The second kappa shape index (κ2) is 7.64. The van der Waals surface area contributed by atoms with Crippen molar-refractivity contribution in [3.63, 3.8) is 0 Å². The molecule has 0 heterocycles. The molecular weight excluding hydrogens is 294 g/mol. The first-order chi connectivity index (χ1) is 10.6. The van der Waals surface area contributed by atoms with E-state index in [1.807, 2.05) is 49.4 Å². The van der Waals surface area contributed by atoms with Gasteiger partial charge >= 0.3 is 0 Å². The van der Waals surface area contributed by atoms with Crippen molar-refractivity contribution in [2.45, 2.75) is 29.2 Å². The van der Waals surface area contributed by atoms with Gasteiger partial charge in [-0.3, -0.25) is 4.79 Å². The monoisotopic (exact) mass is 311 g/mol. The third-order valence-electron chi connectivity index (χ3n) is 3.08. The van der Waals surface area contributed by atoms with Crippen LogP contribution in [0.4, 0.5) is 5.69 Å². The average Bonchev–Trinajstić information content (AvgIpc) is 2.54. The van der Waals surface area contributed by atoms with Crippen LogP contribution in [0.25, 0.3) is 0 Å². The van der Waals surface area contributed by atoms with Crippen LogP contribution in [0.15, 0.2) is 58.3 Å². The van der Waals surface area contributed by atoms with Gasteiger partial charge in [0.2, 0.25) is 5.91 Å². The van der Waals surface area contributed by atoms with E-state index < -0.39 is 6.04 Å².